The Morgan fingerprint density at radius 1 is 1.25 bits per heavy atom. The fraction of sp³-hybridized carbons (Fsp3) is 0.278. The van der Waals surface area contributed by atoms with Crippen molar-refractivity contribution in [2.45, 2.75) is 19.0 Å². The smallest absolute Gasteiger partial charge is 0.410 e. The molecule has 0 spiro atoms. The van der Waals surface area contributed by atoms with Gasteiger partial charge in [0.15, 0.2) is 11.6 Å². The minimum atomic E-state index is -0.456. The van der Waals surface area contributed by atoms with Gasteiger partial charge in [-0.25, -0.2) is 9.18 Å². The summed E-state index contributed by atoms with van der Waals surface area (Å²) in [5.41, 5.74) is 2.16. The van der Waals surface area contributed by atoms with Gasteiger partial charge in [0.1, 0.15) is 13.2 Å². The van der Waals surface area contributed by atoms with Gasteiger partial charge in [-0.2, -0.15) is 0 Å². The molecule has 0 aliphatic carbocycles. The number of carbonyl (C=O) groups excluding carboxylic acids is 1. The maximum absolute atomic E-state index is 14.1. The first-order valence-corrected chi connectivity index (χ1v) is 8.16. The summed E-state index contributed by atoms with van der Waals surface area (Å²) < 4.78 is 24.9. The van der Waals surface area contributed by atoms with Crippen molar-refractivity contribution in [1.82, 2.24) is 4.90 Å². The SMILES string of the molecule is O=C(OCc1ccccc1)N1CCOc2c(F)cc(CCl)cc2C1. The highest BCUT2D eigenvalue weighted by molar-refractivity contribution is 6.17. The van der Waals surface area contributed by atoms with Crippen LogP contribution >= 0.6 is 11.6 Å². The zero-order valence-corrected chi connectivity index (χ0v) is 13.8. The Kier molecular flexibility index (Phi) is 5.20. The molecule has 2 aromatic rings. The van der Waals surface area contributed by atoms with E-state index < -0.39 is 11.9 Å². The van der Waals surface area contributed by atoms with Crippen LogP contribution < -0.4 is 4.74 Å². The molecule has 1 aliphatic rings. The molecule has 2 aromatic carbocycles. The van der Waals surface area contributed by atoms with E-state index in [4.69, 9.17) is 21.1 Å². The molecule has 0 saturated carbocycles. The maximum atomic E-state index is 14.1. The van der Waals surface area contributed by atoms with Crippen LogP contribution in [0.3, 0.4) is 0 Å². The third-order valence-corrected chi connectivity index (χ3v) is 4.08. The van der Waals surface area contributed by atoms with Crippen molar-refractivity contribution in [2.75, 3.05) is 13.2 Å². The molecular weight excluding hydrogens is 333 g/mol. The van der Waals surface area contributed by atoms with E-state index >= 15 is 0 Å². The van der Waals surface area contributed by atoms with Crippen LogP contribution in [-0.4, -0.2) is 24.1 Å². The van der Waals surface area contributed by atoms with E-state index in [-0.39, 0.29) is 31.4 Å². The normalized spacial score (nSPS) is 13.7. The van der Waals surface area contributed by atoms with Crippen LogP contribution in [0.5, 0.6) is 5.75 Å². The molecule has 1 aliphatic heterocycles. The van der Waals surface area contributed by atoms with Crippen molar-refractivity contribution in [2.24, 2.45) is 0 Å². The van der Waals surface area contributed by atoms with Crippen LogP contribution in [0.25, 0.3) is 0 Å². The standard InChI is InChI=1S/C18H17ClFNO3/c19-10-14-8-15-11-21(6-7-23-17(15)16(20)9-14)18(22)24-12-13-4-2-1-3-5-13/h1-5,8-9H,6-7,10-12H2. The van der Waals surface area contributed by atoms with Crippen LogP contribution in [0.2, 0.25) is 0 Å². The van der Waals surface area contributed by atoms with E-state index in [2.05, 4.69) is 0 Å². The second kappa shape index (κ2) is 7.53. The summed E-state index contributed by atoms with van der Waals surface area (Å²) >= 11 is 5.79. The predicted molar refractivity (Wildman–Crippen MR) is 88.5 cm³/mol. The Morgan fingerprint density at radius 2 is 2.04 bits per heavy atom. The molecule has 126 valence electrons. The molecule has 0 N–H and O–H groups in total. The van der Waals surface area contributed by atoms with Crippen LogP contribution in [-0.2, 0) is 23.8 Å². The highest BCUT2D eigenvalue weighted by atomic mass is 35.5. The minimum Gasteiger partial charge on any atom is -0.488 e. The van der Waals surface area contributed by atoms with Crippen LogP contribution in [0.4, 0.5) is 9.18 Å². The first-order chi connectivity index (χ1) is 11.7. The molecule has 3 rings (SSSR count). The lowest BCUT2D eigenvalue weighted by atomic mass is 10.1. The number of ether oxygens (including phenoxy) is 2. The second-order valence-corrected chi connectivity index (χ2v) is 5.78. The van der Waals surface area contributed by atoms with Gasteiger partial charge in [0.2, 0.25) is 0 Å². The largest absolute Gasteiger partial charge is 0.488 e. The highest BCUT2D eigenvalue weighted by Crippen LogP contribution is 2.29. The van der Waals surface area contributed by atoms with Crippen molar-refractivity contribution < 1.29 is 18.7 Å². The third-order valence-electron chi connectivity index (χ3n) is 3.77. The number of nitrogens with zero attached hydrogens (tertiary/aromatic N) is 1. The third kappa shape index (κ3) is 3.79. The van der Waals surface area contributed by atoms with Crippen LogP contribution in [0.15, 0.2) is 42.5 Å². The maximum Gasteiger partial charge on any atom is 0.410 e. The Morgan fingerprint density at radius 3 is 2.79 bits per heavy atom. The number of hydrogen-bond donors (Lipinski definition) is 0. The van der Waals surface area contributed by atoms with Crippen molar-refractivity contribution in [3.8, 4) is 5.75 Å². The molecule has 0 radical (unpaired) electrons. The number of benzene rings is 2. The summed E-state index contributed by atoms with van der Waals surface area (Å²) in [6.07, 6.45) is -0.452. The van der Waals surface area contributed by atoms with E-state index in [0.717, 1.165) is 5.56 Å². The molecule has 0 aromatic heterocycles. The van der Waals surface area contributed by atoms with Gasteiger partial charge in [-0.15, -0.1) is 11.6 Å². The van der Waals surface area contributed by atoms with E-state index in [0.29, 0.717) is 17.7 Å². The lowest BCUT2D eigenvalue weighted by Crippen LogP contribution is -2.32. The Balaban J connectivity index is 1.71. The van der Waals surface area contributed by atoms with Crippen LogP contribution in [0, 0.1) is 5.82 Å². The Hall–Kier alpha value is -2.27. The fourth-order valence-electron chi connectivity index (χ4n) is 2.58. The van der Waals surface area contributed by atoms with E-state index in [1.165, 1.54) is 11.0 Å². The molecule has 0 unspecified atom stereocenters. The van der Waals surface area contributed by atoms with Gasteiger partial charge in [0.25, 0.3) is 0 Å². The molecule has 1 amide bonds. The zero-order valence-electron chi connectivity index (χ0n) is 13.0. The van der Waals surface area contributed by atoms with Crippen LogP contribution in [0.1, 0.15) is 16.7 Å². The molecule has 6 heteroatoms. The number of hydrogen-bond acceptors (Lipinski definition) is 3. The molecule has 4 nitrogen and oxygen atoms in total. The first kappa shape index (κ1) is 16.6. The van der Waals surface area contributed by atoms with Crippen molar-refractivity contribution in [1.29, 1.82) is 0 Å². The van der Waals surface area contributed by atoms with Gasteiger partial charge in [0, 0.05) is 11.4 Å². The van der Waals surface area contributed by atoms with Gasteiger partial charge in [-0.3, -0.25) is 0 Å². The number of carbonyl (C=O) groups is 1. The highest BCUT2D eigenvalue weighted by Gasteiger charge is 2.23. The lowest BCUT2D eigenvalue weighted by Gasteiger charge is -2.19. The summed E-state index contributed by atoms with van der Waals surface area (Å²) in [7, 11) is 0. The number of fused-ring (bicyclic) bond motifs is 1. The summed E-state index contributed by atoms with van der Waals surface area (Å²) in [4.78, 5) is 13.8. The molecular formula is C18H17ClFNO3. The molecule has 0 atom stereocenters. The van der Waals surface area contributed by atoms with Crippen molar-refractivity contribution >= 4 is 17.7 Å². The van der Waals surface area contributed by atoms with Gasteiger partial charge in [-0.05, 0) is 23.3 Å². The Bertz CT molecular complexity index is 724. The summed E-state index contributed by atoms with van der Waals surface area (Å²) in [5, 5.41) is 0. The summed E-state index contributed by atoms with van der Waals surface area (Å²) in [6.45, 7) is 0.965. The number of amides is 1. The topological polar surface area (TPSA) is 38.8 Å². The lowest BCUT2D eigenvalue weighted by molar-refractivity contribution is 0.0913. The van der Waals surface area contributed by atoms with Gasteiger partial charge >= 0.3 is 6.09 Å². The predicted octanol–water partition coefficient (Wildman–Crippen LogP) is 4.10. The monoisotopic (exact) mass is 349 g/mol. The van der Waals surface area contributed by atoms with Gasteiger partial charge in [-0.1, -0.05) is 30.3 Å². The first-order valence-electron chi connectivity index (χ1n) is 7.63. The number of alkyl halides is 1. The van der Waals surface area contributed by atoms with E-state index in [1.807, 2.05) is 30.3 Å². The van der Waals surface area contributed by atoms with Crippen molar-refractivity contribution in [3.63, 3.8) is 0 Å². The Labute approximate surface area is 144 Å². The average Bonchev–Trinajstić information content (AvgIpc) is 2.83. The molecule has 24 heavy (non-hydrogen) atoms. The number of rotatable bonds is 3. The second-order valence-electron chi connectivity index (χ2n) is 5.51. The zero-order chi connectivity index (χ0) is 16.9. The van der Waals surface area contributed by atoms with Gasteiger partial charge in [0.05, 0.1) is 13.1 Å². The van der Waals surface area contributed by atoms with Crippen molar-refractivity contribution in [3.05, 3.63) is 65.0 Å². The quantitative estimate of drug-likeness (QED) is 0.783. The fourth-order valence-corrected chi connectivity index (χ4v) is 2.73. The molecule has 0 saturated heterocycles. The van der Waals surface area contributed by atoms with E-state index in [9.17, 15) is 9.18 Å². The molecule has 0 fully saturated rings. The minimum absolute atomic E-state index is 0.183. The molecule has 0 bridgehead atoms. The van der Waals surface area contributed by atoms with Gasteiger partial charge < -0.3 is 14.4 Å². The van der Waals surface area contributed by atoms with E-state index in [1.54, 1.807) is 6.07 Å². The summed E-state index contributed by atoms with van der Waals surface area (Å²) in [6, 6.07) is 12.6. The summed E-state index contributed by atoms with van der Waals surface area (Å²) in [5.74, 6) is -0.0762. The molecule has 1 heterocycles. The average molecular weight is 350 g/mol. The number of halogens is 2.